The number of fused-ring (bicyclic) bond motifs is 1. The molecule has 3 aliphatic heterocycles. The van der Waals surface area contributed by atoms with Gasteiger partial charge in [-0.05, 0) is 36.0 Å². The molecule has 0 saturated carbocycles. The molecule has 5 rings (SSSR count). The Labute approximate surface area is 161 Å². The van der Waals surface area contributed by atoms with E-state index >= 15 is 0 Å². The van der Waals surface area contributed by atoms with Crippen LogP contribution in [0.15, 0.2) is 51.4 Å². The molecule has 2 fully saturated rings. The lowest BCUT2D eigenvalue weighted by molar-refractivity contribution is -0.130. The monoisotopic (exact) mass is 388 g/mol. The number of thioether (sulfide) groups is 3. The fourth-order valence-electron chi connectivity index (χ4n) is 4.16. The van der Waals surface area contributed by atoms with Crippen molar-refractivity contribution < 1.29 is 4.79 Å². The smallest absolute Gasteiger partial charge is 0.235 e. The fourth-order valence-corrected chi connectivity index (χ4v) is 7.83. The van der Waals surface area contributed by atoms with Gasteiger partial charge in [0.1, 0.15) is 0 Å². The summed E-state index contributed by atoms with van der Waals surface area (Å²) in [5, 5.41) is 3.74. The van der Waals surface area contributed by atoms with Gasteiger partial charge in [-0.2, -0.15) is 0 Å². The van der Waals surface area contributed by atoms with E-state index in [1.807, 2.05) is 23.5 Å². The number of rotatable bonds is 1. The molecule has 1 aromatic carbocycles. The maximum atomic E-state index is 12.6. The van der Waals surface area contributed by atoms with E-state index in [-0.39, 0.29) is 17.4 Å². The van der Waals surface area contributed by atoms with Gasteiger partial charge >= 0.3 is 0 Å². The highest BCUT2D eigenvalue weighted by molar-refractivity contribution is 8.25. The molecule has 3 heterocycles. The molecular formula is C19H20N2OS3. The van der Waals surface area contributed by atoms with Crippen LogP contribution in [-0.2, 0) is 4.79 Å². The van der Waals surface area contributed by atoms with Gasteiger partial charge in [0.15, 0.2) is 5.50 Å². The van der Waals surface area contributed by atoms with Gasteiger partial charge in [-0.25, -0.2) is 0 Å². The van der Waals surface area contributed by atoms with Crippen LogP contribution in [-0.4, -0.2) is 33.6 Å². The normalized spacial score (nSPS) is 29.0. The number of benzene rings is 1. The summed E-state index contributed by atoms with van der Waals surface area (Å²) in [5.41, 5.74) is 5.59. The molecule has 0 unspecified atom stereocenters. The standard InChI is InChI=1S/C19H20N2OS3/c22-15-11-25-19-20-16-13(7-4-8-14(16)18-23-9-10-24-18)17(21(15)19)12-5-2-1-3-6-12/h1-3,5-6,17,19-20H,4,7-11H2/t17-,19+/m0/s1. The van der Waals surface area contributed by atoms with Crippen LogP contribution in [0.2, 0.25) is 0 Å². The Morgan fingerprint density at radius 1 is 1.08 bits per heavy atom. The quantitative estimate of drug-likeness (QED) is 0.775. The van der Waals surface area contributed by atoms with Gasteiger partial charge in [-0.15, -0.1) is 35.3 Å². The maximum absolute atomic E-state index is 12.6. The number of amides is 1. The number of nitrogens with zero attached hydrogens (tertiary/aromatic N) is 1. The van der Waals surface area contributed by atoms with Gasteiger partial charge < -0.3 is 10.2 Å². The first-order chi connectivity index (χ1) is 12.3. The van der Waals surface area contributed by atoms with Gasteiger partial charge in [-0.3, -0.25) is 4.79 Å². The van der Waals surface area contributed by atoms with Crippen LogP contribution in [0.5, 0.6) is 0 Å². The summed E-state index contributed by atoms with van der Waals surface area (Å²) >= 11 is 5.75. The molecule has 4 aliphatic rings. The van der Waals surface area contributed by atoms with Crippen LogP contribution in [0.4, 0.5) is 0 Å². The summed E-state index contributed by atoms with van der Waals surface area (Å²) in [7, 11) is 0. The summed E-state index contributed by atoms with van der Waals surface area (Å²) < 4.78 is 1.51. The lowest BCUT2D eigenvalue weighted by Gasteiger charge is -2.44. The van der Waals surface area contributed by atoms with Crippen molar-refractivity contribution in [2.75, 3.05) is 17.3 Å². The number of allylic oxidation sites excluding steroid dienone is 1. The predicted molar refractivity (Wildman–Crippen MR) is 108 cm³/mol. The Morgan fingerprint density at radius 2 is 1.88 bits per heavy atom. The van der Waals surface area contributed by atoms with Crippen molar-refractivity contribution in [1.82, 2.24) is 10.2 Å². The van der Waals surface area contributed by atoms with Gasteiger partial charge in [0.25, 0.3) is 0 Å². The highest BCUT2D eigenvalue weighted by Gasteiger charge is 2.45. The molecule has 2 atom stereocenters. The number of nitrogens with one attached hydrogen (secondary N) is 1. The molecule has 0 aromatic heterocycles. The summed E-state index contributed by atoms with van der Waals surface area (Å²) in [6, 6.07) is 10.7. The average molecular weight is 389 g/mol. The molecule has 1 aromatic rings. The zero-order valence-corrected chi connectivity index (χ0v) is 16.3. The topological polar surface area (TPSA) is 32.3 Å². The zero-order chi connectivity index (χ0) is 16.8. The number of carbonyl (C=O) groups excluding carboxylic acids is 1. The Morgan fingerprint density at radius 3 is 2.68 bits per heavy atom. The van der Waals surface area contributed by atoms with Crippen LogP contribution in [0, 0.1) is 0 Å². The number of hydrogen-bond donors (Lipinski definition) is 1. The molecule has 6 heteroatoms. The second-order valence-electron chi connectivity index (χ2n) is 6.64. The summed E-state index contributed by atoms with van der Waals surface area (Å²) in [5.74, 6) is 3.28. The number of carbonyl (C=O) groups is 1. The predicted octanol–water partition coefficient (Wildman–Crippen LogP) is 4.32. The van der Waals surface area contributed by atoms with Crippen molar-refractivity contribution in [3.05, 3.63) is 57.0 Å². The SMILES string of the molecule is O=C1CS[C@@H]2NC3=C(CCCC3=C3SCCS3)[C@H](c3ccccc3)N12. The maximum Gasteiger partial charge on any atom is 0.235 e. The minimum atomic E-state index is 0.0709. The molecule has 2 saturated heterocycles. The lowest BCUT2D eigenvalue weighted by Crippen LogP contribution is -2.50. The third-order valence-corrected chi connectivity index (χ3v) is 9.06. The molecule has 1 aliphatic carbocycles. The Kier molecular flexibility index (Phi) is 4.30. The van der Waals surface area contributed by atoms with Crippen molar-refractivity contribution in [2.45, 2.75) is 30.8 Å². The highest BCUT2D eigenvalue weighted by Crippen LogP contribution is 2.50. The van der Waals surface area contributed by atoms with E-state index in [2.05, 4.69) is 40.5 Å². The van der Waals surface area contributed by atoms with E-state index < -0.39 is 0 Å². The van der Waals surface area contributed by atoms with Crippen LogP contribution in [0.1, 0.15) is 30.9 Å². The first-order valence-corrected chi connectivity index (χ1v) is 11.8. The third kappa shape index (κ3) is 2.73. The molecule has 0 radical (unpaired) electrons. The fraction of sp³-hybridized carbons (Fsp3) is 0.421. The minimum Gasteiger partial charge on any atom is -0.356 e. The van der Waals surface area contributed by atoms with E-state index in [1.165, 1.54) is 44.6 Å². The van der Waals surface area contributed by atoms with Crippen LogP contribution >= 0.6 is 35.3 Å². The molecule has 0 bridgehead atoms. The van der Waals surface area contributed by atoms with Crippen LogP contribution < -0.4 is 5.32 Å². The Bertz CT molecular complexity index is 766. The van der Waals surface area contributed by atoms with Crippen LogP contribution in [0.25, 0.3) is 0 Å². The third-order valence-electron chi connectivity index (χ3n) is 5.19. The van der Waals surface area contributed by atoms with E-state index in [9.17, 15) is 4.79 Å². The molecule has 3 nitrogen and oxygen atoms in total. The first kappa shape index (κ1) is 16.2. The first-order valence-electron chi connectivity index (χ1n) is 8.79. The molecule has 25 heavy (non-hydrogen) atoms. The van der Waals surface area contributed by atoms with Gasteiger partial charge in [-0.1, -0.05) is 30.3 Å². The van der Waals surface area contributed by atoms with Gasteiger partial charge in [0, 0.05) is 21.4 Å². The molecule has 130 valence electrons. The molecular weight excluding hydrogens is 368 g/mol. The molecule has 1 amide bonds. The van der Waals surface area contributed by atoms with E-state index in [0.717, 1.165) is 12.8 Å². The van der Waals surface area contributed by atoms with Crippen molar-refractivity contribution in [3.8, 4) is 0 Å². The average Bonchev–Trinajstić information content (AvgIpc) is 3.31. The number of hydrogen-bond acceptors (Lipinski definition) is 5. The zero-order valence-electron chi connectivity index (χ0n) is 13.9. The Balaban J connectivity index is 1.66. The van der Waals surface area contributed by atoms with E-state index in [4.69, 9.17) is 0 Å². The summed E-state index contributed by atoms with van der Waals surface area (Å²) in [4.78, 5) is 14.7. The summed E-state index contributed by atoms with van der Waals surface area (Å²) in [6.45, 7) is 0. The van der Waals surface area contributed by atoms with E-state index in [1.54, 1.807) is 11.8 Å². The Hall–Kier alpha value is -0.980. The largest absolute Gasteiger partial charge is 0.356 e. The van der Waals surface area contributed by atoms with Gasteiger partial charge in [0.2, 0.25) is 5.91 Å². The van der Waals surface area contributed by atoms with Crippen molar-refractivity contribution in [2.24, 2.45) is 0 Å². The summed E-state index contributed by atoms with van der Waals surface area (Å²) in [6.07, 6.45) is 3.42. The highest BCUT2D eigenvalue weighted by atomic mass is 32.2. The second kappa shape index (κ2) is 6.63. The van der Waals surface area contributed by atoms with Crippen molar-refractivity contribution >= 4 is 41.2 Å². The second-order valence-corrected chi connectivity index (χ2v) is 10.2. The molecule has 1 N–H and O–H groups in total. The lowest BCUT2D eigenvalue weighted by atomic mass is 9.83. The van der Waals surface area contributed by atoms with Crippen LogP contribution in [0.3, 0.4) is 0 Å². The van der Waals surface area contributed by atoms with Crippen molar-refractivity contribution in [1.29, 1.82) is 0 Å². The van der Waals surface area contributed by atoms with Crippen molar-refractivity contribution in [3.63, 3.8) is 0 Å². The van der Waals surface area contributed by atoms with Gasteiger partial charge in [0.05, 0.1) is 11.8 Å². The minimum absolute atomic E-state index is 0.0709. The van der Waals surface area contributed by atoms with E-state index in [0.29, 0.717) is 5.75 Å². The molecule has 0 spiro atoms.